The number of methoxy groups -OCH3 is 1. The van der Waals surface area contributed by atoms with Crippen LogP contribution in [0.3, 0.4) is 0 Å². The Hall–Kier alpha value is -1.11. The molecule has 0 radical (unpaired) electrons. The van der Waals surface area contributed by atoms with E-state index in [0.29, 0.717) is 0 Å². The highest BCUT2D eigenvalue weighted by Crippen LogP contribution is 2.25. The lowest BCUT2D eigenvalue weighted by Gasteiger charge is -2.23. The smallest absolute Gasteiger partial charge is 0.240 e. The van der Waals surface area contributed by atoms with Gasteiger partial charge in [-0.3, -0.25) is 0 Å². The Bertz CT molecular complexity index is 582. The Kier molecular flexibility index (Phi) is 4.36. The summed E-state index contributed by atoms with van der Waals surface area (Å²) in [5, 5.41) is 3.24. The zero-order valence-electron chi connectivity index (χ0n) is 12.2. The highest BCUT2D eigenvalue weighted by Gasteiger charge is 2.22. The number of ether oxygens (including phenoxy) is 1. The van der Waals surface area contributed by atoms with Gasteiger partial charge in [0.05, 0.1) is 10.5 Å². The number of fused-ring (bicyclic) bond motifs is 1. The molecule has 1 aromatic rings. The average molecular weight is 298 g/mol. The second-order valence-corrected chi connectivity index (χ2v) is 7.40. The maximum atomic E-state index is 12.3. The van der Waals surface area contributed by atoms with E-state index >= 15 is 0 Å². The van der Waals surface area contributed by atoms with Gasteiger partial charge in [0.1, 0.15) is 0 Å². The molecule has 5 nitrogen and oxygen atoms in total. The summed E-state index contributed by atoms with van der Waals surface area (Å²) in [5.74, 6) is 0. The molecule has 0 fully saturated rings. The molecule has 2 N–H and O–H groups in total. The molecule has 2 rings (SSSR count). The largest absolute Gasteiger partial charge is 0.385 e. The van der Waals surface area contributed by atoms with E-state index in [0.717, 1.165) is 25.1 Å². The summed E-state index contributed by atoms with van der Waals surface area (Å²) < 4.78 is 32.4. The lowest BCUT2D eigenvalue weighted by atomic mass is 10.0. The monoisotopic (exact) mass is 298 g/mol. The molecule has 0 spiro atoms. The van der Waals surface area contributed by atoms with E-state index in [-0.39, 0.29) is 11.4 Å². The lowest BCUT2D eigenvalue weighted by molar-refractivity contribution is 0.0276. The van der Waals surface area contributed by atoms with Crippen LogP contribution in [0.25, 0.3) is 0 Å². The third kappa shape index (κ3) is 3.50. The fourth-order valence-corrected chi connectivity index (χ4v) is 3.26. The summed E-state index contributed by atoms with van der Waals surface area (Å²) in [6.07, 6.45) is 2.08. The van der Waals surface area contributed by atoms with Crippen molar-refractivity contribution in [3.05, 3.63) is 23.8 Å². The minimum absolute atomic E-state index is 0.232. The maximum Gasteiger partial charge on any atom is 0.240 e. The summed E-state index contributed by atoms with van der Waals surface area (Å²) in [7, 11) is -1.94. The lowest BCUT2D eigenvalue weighted by Crippen LogP contribution is -2.39. The molecule has 112 valence electrons. The molecule has 0 saturated heterocycles. The van der Waals surface area contributed by atoms with Gasteiger partial charge < -0.3 is 10.1 Å². The molecule has 0 aromatic heterocycles. The van der Waals surface area contributed by atoms with Crippen LogP contribution < -0.4 is 10.0 Å². The van der Waals surface area contributed by atoms with E-state index in [2.05, 4.69) is 10.0 Å². The fourth-order valence-electron chi connectivity index (χ4n) is 2.03. The summed E-state index contributed by atoms with van der Waals surface area (Å²) in [6, 6.07) is 5.25. The summed E-state index contributed by atoms with van der Waals surface area (Å²) >= 11 is 0. The first kappa shape index (κ1) is 15.3. The van der Waals surface area contributed by atoms with Crippen LogP contribution in [0.2, 0.25) is 0 Å². The SMILES string of the molecule is COC(C)(C)CNS(=O)(=O)c1ccc2c(c1)NCCC2. The van der Waals surface area contributed by atoms with Gasteiger partial charge in [0.2, 0.25) is 10.0 Å². The minimum atomic E-state index is -3.51. The molecule has 1 aromatic carbocycles. The number of hydrogen-bond donors (Lipinski definition) is 2. The average Bonchev–Trinajstić information content (AvgIpc) is 2.45. The molecule has 1 aliphatic rings. The van der Waals surface area contributed by atoms with Gasteiger partial charge in [-0.1, -0.05) is 6.07 Å². The number of nitrogens with one attached hydrogen (secondary N) is 2. The van der Waals surface area contributed by atoms with Crippen molar-refractivity contribution in [3.8, 4) is 0 Å². The van der Waals surface area contributed by atoms with E-state index in [9.17, 15) is 8.42 Å². The molecular formula is C14H22N2O3S. The van der Waals surface area contributed by atoms with Crippen molar-refractivity contribution < 1.29 is 13.2 Å². The standard InChI is InChI=1S/C14H22N2O3S/c1-14(2,19-3)10-16-20(17,18)12-7-6-11-5-4-8-15-13(11)9-12/h6-7,9,15-16H,4-5,8,10H2,1-3H3. The Labute approximate surface area is 120 Å². The van der Waals surface area contributed by atoms with Gasteiger partial charge in [-0.25, -0.2) is 13.1 Å². The number of rotatable bonds is 5. The van der Waals surface area contributed by atoms with Gasteiger partial charge in [0.15, 0.2) is 0 Å². The van der Waals surface area contributed by atoms with Crippen molar-refractivity contribution >= 4 is 15.7 Å². The van der Waals surface area contributed by atoms with Crippen LogP contribution in [0.5, 0.6) is 0 Å². The van der Waals surface area contributed by atoms with Crippen LogP contribution in [-0.4, -0.2) is 34.2 Å². The molecule has 6 heteroatoms. The first-order valence-corrected chi connectivity index (χ1v) is 8.24. The molecule has 0 unspecified atom stereocenters. The molecule has 0 amide bonds. The Morgan fingerprint density at radius 1 is 1.40 bits per heavy atom. The van der Waals surface area contributed by atoms with Gasteiger partial charge in [0.25, 0.3) is 0 Å². The van der Waals surface area contributed by atoms with Gasteiger partial charge in [-0.15, -0.1) is 0 Å². The first-order valence-electron chi connectivity index (χ1n) is 6.76. The van der Waals surface area contributed by atoms with E-state index in [1.165, 1.54) is 5.56 Å². The van der Waals surface area contributed by atoms with Gasteiger partial charge in [-0.05, 0) is 44.4 Å². The zero-order chi connectivity index (χ0) is 14.8. The summed E-state index contributed by atoms with van der Waals surface area (Å²) in [5.41, 5.74) is 1.57. The van der Waals surface area contributed by atoms with Crippen LogP contribution in [0.1, 0.15) is 25.8 Å². The molecule has 0 bridgehead atoms. The molecule has 0 aliphatic carbocycles. The number of hydrogen-bond acceptors (Lipinski definition) is 4. The van der Waals surface area contributed by atoms with E-state index < -0.39 is 15.6 Å². The van der Waals surface area contributed by atoms with Crippen molar-refractivity contribution in [2.75, 3.05) is 25.5 Å². The van der Waals surface area contributed by atoms with Gasteiger partial charge in [-0.2, -0.15) is 0 Å². The third-order valence-corrected chi connectivity index (χ3v) is 4.97. The van der Waals surface area contributed by atoms with E-state index in [1.807, 2.05) is 19.9 Å². The summed E-state index contributed by atoms with van der Waals surface area (Å²) in [6.45, 7) is 4.80. The Morgan fingerprint density at radius 3 is 2.85 bits per heavy atom. The Morgan fingerprint density at radius 2 is 2.15 bits per heavy atom. The number of benzene rings is 1. The molecule has 0 saturated carbocycles. The highest BCUT2D eigenvalue weighted by molar-refractivity contribution is 7.89. The fraction of sp³-hybridized carbons (Fsp3) is 0.571. The summed E-state index contributed by atoms with van der Waals surface area (Å²) in [4.78, 5) is 0.289. The molecule has 1 aliphatic heterocycles. The minimum Gasteiger partial charge on any atom is -0.385 e. The molecule has 20 heavy (non-hydrogen) atoms. The van der Waals surface area contributed by atoms with E-state index in [4.69, 9.17) is 4.74 Å². The topological polar surface area (TPSA) is 67.4 Å². The predicted molar refractivity (Wildman–Crippen MR) is 79.5 cm³/mol. The van der Waals surface area contributed by atoms with E-state index in [1.54, 1.807) is 19.2 Å². The van der Waals surface area contributed by atoms with Crippen molar-refractivity contribution in [3.63, 3.8) is 0 Å². The zero-order valence-corrected chi connectivity index (χ0v) is 13.0. The Balaban J connectivity index is 2.17. The van der Waals surface area contributed by atoms with Crippen molar-refractivity contribution in [2.45, 2.75) is 37.2 Å². The maximum absolute atomic E-state index is 12.3. The third-order valence-electron chi connectivity index (χ3n) is 3.57. The predicted octanol–water partition coefficient (Wildman–Crippen LogP) is 1.75. The number of sulfonamides is 1. The molecule has 1 heterocycles. The van der Waals surface area contributed by atoms with Crippen molar-refractivity contribution in [1.82, 2.24) is 4.72 Å². The van der Waals surface area contributed by atoms with Gasteiger partial charge in [0, 0.05) is 25.9 Å². The van der Waals surface area contributed by atoms with Crippen molar-refractivity contribution in [2.24, 2.45) is 0 Å². The second-order valence-electron chi connectivity index (χ2n) is 5.64. The second kappa shape index (κ2) is 5.71. The molecular weight excluding hydrogens is 276 g/mol. The van der Waals surface area contributed by atoms with Crippen LogP contribution in [0, 0.1) is 0 Å². The quantitative estimate of drug-likeness (QED) is 0.869. The highest BCUT2D eigenvalue weighted by atomic mass is 32.2. The van der Waals surface area contributed by atoms with Crippen LogP contribution in [-0.2, 0) is 21.2 Å². The molecule has 0 atom stereocenters. The first-order chi connectivity index (χ1) is 9.34. The van der Waals surface area contributed by atoms with Crippen molar-refractivity contribution in [1.29, 1.82) is 0 Å². The van der Waals surface area contributed by atoms with Crippen LogP contribution >= 0.6 is 0 Å². The van der Waals surface area contributed by atoms with Crippen LogP contribution in [0.4, 0.5) is 5.69 Å². The van der Waals surface area contributed by atoms with Gasteiger partial charge >= 0.3 is 0 Å². The van der Waals surface area contributed by atoms with Crippen LogP contribution in [0.15, 0.2) is 23.1 Å². The normalized spacial score (nSPS) is 15.6. The number of anilines is 1. The number of aryl methyl sites for hydroxylation is 1.